The summed E-state index contributed by atoms with van der Waals surface area (Å²) in [6.45, 7) is 0.981. The molecule has 96 valence electrons. The summed E-state index contributed by atoms with van der Waals surface area (Å²) in [7, 11) is 0. The van der Waals surface area contributed by atoms with Crippen LogP contribution >= 0.6 is 0 Å². The summed E-state index contributed by atoms with van der Waals surface area (Å²) in [5.74, 6) is 0. The molecule has 0 bridgehead atoms. The summed E-state index contributed by atoms with van der Waals surface area (Å²) in [5, 5.41) is 2.78. The van der Waals surface area contributed by atoms with Gasteiger partial charge < -0.3 is 10.2 Å². The van der Waals surface area contributed by atoms with Crippen LogP contribution in [0.2, 0.25) is 0 Å². The Morgan fingerprint density at radius 2 is 1.74 bits per heavy atom. The van der Waals surface area contributed by atoms with Gasteiger partial charge in [-0.25, -0.2) is 0 Å². The van der Waals surface area contributed by atoms with Crippen molar-refractivity contribution in [1.82, 2.24) is 0 Å². The number of benzene rings is 2. The number of carbonyl (C=O) groups is 1. The first-order chi connectivity index (χ1) is 9.40. The van der Waals surface area contributed by atoms with E-state index in [1.807, 2.05) is 24.3 Å². The van der Waals surface area contributed by atoms with Crippen molar-refractivity contribution in [1.29, 1.82) is 0 Å². The second kappa shape index (κ2) is 5.14. The van der Waals surface area contributed by atoms with Gasteiger partial charge in [-0.15, -0.1) is 0 Å². The molecule has 0 aromatic heterocycles. The highest BCUT2D eigenvalue weighted by Gasteiger charge is 2.19. The number of rotatable bonds is 3. The van der Waals surface area contributed by atoms with Crippen molar-refractivity contribution in [2.24, 2.45) is 0 Å². The van der Waals surface area contributed by atoms with E-state index in [0.29, 0.717) is 0 Å². The Labute approximate surface area is 112 Å². The second-order valence-electron chi connectivity index (χ2n) is 4.66. The van der Waals surface area contributed by atoms with Crippen LogP contribution in [-0.2, 0) is 11.2 Å². The largest absolute Gasteiger partial charge is 0.340 e. The number of para-hydroxylation sites is 3. The van der Waals surface area contributed by atoms with Gasteiger partial charge in [0.1, 0.15) is 0 Å². The Morgan fingerprint density at radius 1 is 1.00 bits per heavy atom. The van der Waals surface area contributed by atoms with Crippen molar-refractivity contribution < 1.29 is 4.79 Å². The van der Waals surface area contributed by atoms with E-state index in [4.69, 9.17) is 0 Å². The summed E-state index contributed by atoms with van der Waals surface area (Å²) in [5.41, 5.74) is 4.53. The van der Waals surface area contributed by atoms with Gasteiger partial charge in [-0.05, 0) is 36.6 Å². The quantitative estimate of drug-likeness (QED) is 0.850. The summed E-state index contributed by atoms with van der Waals surface area (Å²) in [4.78, 5) is 13.0. The first-order valence-electron chi connectivity index (χ1n) is 6.55. The lowest BCUT2D eigenvalue weighted by Gasteiger charge is -2.32. The Morgan fingerprint density at radius 3 is 2.58 bits per heavy atom. The molecule has 0 atom stereocenters. The molecule has 1 N–H and O–H groups in total. The fourth-order valence-corrected chi connectivity index (χ4v) is 2.68. The van der Waals surface area contributed by atoms with Crippen LogP contribution in [0.4, 0.5) is 17.1 Å². The number of aryl methyl sites for hydroxylation is 1. The van der Waals surface area contributed by atoms with Gasteiger partial charge in [-0.3, -0.25) is 4.79 Å². The van der Waals surface area contributed by atoms with E-state index in [0.717, 1.165) is 37.2 Å². The first kappa shape index (κ1) is 11.8. The fourth-order valence-electron chi connectivity index (χ4n) is 2.68. The maximum absolute atomic E-state index is 10.7. The van der Waals surface area contributed by atoms with Gasteiger partial charge in [0.25, 0.3) is 0 Å². The summed E-state index contributed by atoms with van der Waals surface area (Å²) in [6.07, 6.45) is 2.98. The molecule has 0 radical (unpaired) electrons. The van der Waals surface area contributed by atoms with Crippen molar-refractivity contribution in [2.45, 2.75) is 12.8 Å². The molecule has 0 spiro atoms. The van der Waals surface area contributed by atoms with E-state index < -0.39 is 0 Å². The lowest BCUT2D eigenvalue weighted by atomic mass is 10.0. The zero-order valence-corrected chi connectivity index (χ0v) is 10.7. The monoisotopic (exact) mass is 252 g/mol. The van der Waals surface area contributed by atoms with Gasteiger partial charge in [0.15, 0.2) is 0 Å². The molecule has 2 aromatic rings. The van der Waals surface area contributed by atoms with Crippen LogP contribution in [0.25, 0.3) is 0 Å². The highest BCUT2D eigenvalue weighted by molar-refractivity contribution is 5.85. The van der Waals surface area contributed by atoms with E-state index >= 15 is 0 Å². The molecule has 0 saturated carbocycles. The van der Waals surface area contributed by atoms with Crippen molar-refractivity contribution >= 4 is 23.5 Å². The third kappa shape index (κ3) is 2.19. The van der Waals surface area contributed by atoms with E-state index in [-0.39, 0.29) is 0 Å². The molecule has 2 aromatic carbocycles. The van der Waals surface area contributed by atoms with Crippen molar-refractivity contribution in [2.75, 3.05) is 16.8 Å². The van der Waals surface area contributed by atoms with Gasteiger partial charge in [0.2, 0.25) is 6.41 Å². The van der Waals surface area contributed by atoms with Crippen LogP contribution in [0.5, 0.6) is 0 Å². The molecule has 3 heteroatoms. The number of hydrogen-bond donors (Lipinski definition) is 1. The molecule has 3 nitrogen and oxygen atoms in total. The molecule has 1 aliphatic rings. The van der Waals surface area contributed by atoms with Gasteiger partial charge in [-0.1, -0.05) is 30.3 Å². The standard InChI is InChI=1S/C16H16N2O/c19-12-17-14-8-2-4-10-16(14)18-11-5-7-13-6-1-3-9-15(13)18/h1-4,6,8-10,12H,5,7,11H2,(H,17,19). The van der Waals surface area contributed by atoms with E-state index in [1.165, 1.54) is 11.3 Å². The molecule has 1 aliphatic heterocycles. The third-order valence-electron chi connectivity index (χ3n) is 3.52. The highest BCUT2D eigenvalue weighted by atomic mass is 16.1. The van der Waals surface area contributed by atoms with Crippen molar-refractivity contribution in [3.05, 3.63) is 54.1 Å². The Kier molecular flexibility index (Phi) is 3.19. The average Bonchev–Trinajstić information content (AvgIpc) is 2.48. The minimum atomic E-state index is 0.731. The SMILES string of the molecule is O=CNc1ccccc1N1CCCc2ccccc21. The predicted octanol–water partition coefficient (Wildman–Crippen LogP) is 3.34. The van der Waals surface area contributed by atoms with Crippen molar-refractivity contribution in [3.63, 3.8) is 0 Å². The number of nitrogens with one attached hydrogen (secondary N) is 1. The van der Waals surface area contributed by atoms with Crippen LogP contribution in [-0.4, -0.2) is 13.0 Å². The molecular weight excluding hydrogens is 236 g/mol. The van der Waals surface area contributed by atoms with Gasteiger partial charge in [-0.2, -0.15) is 0 Å². The molecule has 0 unspecified atom stereocenters. The molecule has 1 amide bonds. The molecule has 19 heavy (non-hydrogen) atoms. The van der Waals surface area contributed by atoms with E-state index in [1.54, 1.807) is 0 Å². The Bertz CT molecular complexity index is 595. The number of carbonyl (C=O) groups excluding carboxylic acids is 1. The number of fused-ring (bicyclic) bond motifs is 1. The maximum atomic E-state index is 10.7. The zero-order chi connectivity index (χ0) is 13.1. The van der Waals surface area contributed by atoms with Crippen LogP contribution < -0.4 is 10.2 Å². The molecule has 0 fully saturated rings. The molecule has 1 heterocycles. The average molecular weight is 252 g/mol. The maximum Gasteiger partial charge on any atom is 0.211 e. The number of amides is 1. The summed E-state index contributed by atoms with van der Waals surface area (Å²) < 4.78 is 0. The minimum absolute atomic E-state index is 0.731. The van der Waals surface area contributed by atoms with Crippen LogP contribution in [0, 0.1) is 0 Å². The smallest absolute Gasteiger partial charge is 0.211 e. The molecule has 0 aliphatic carbocycles. The van der Waals surface area contributed by atoms with Gasteiger partial charge in [0.05, 0.1) is 11.4 Å². The number of nitrogens with zero attached hydrogens (tertiary/aromatic N) is 1. The van der Waals surface area contributed by atoms with E-state index in [2.05, 4.69) is 34.5 Å². The lowest BCUT2D eigenvalue weighted by Crippen LogP contribution is -2.25. The molecular formula is C16H16N2O. The zero-order valence-electron chi connectivity index (χ0n) is 10.7. The van der Waals surface area contributed by atoms with Crippen molar-refractivity contribution in [3.8, 4) is 0 Å². The fraction of sp³-hybridized carbons (Fsp3) is 0.188. The lowest BCUT2D eigenvalue weighted by molar-refractivity contribution is -0.105. The summed E-state index contributed by atoms with van der Waals surface area (Å²) >= 11 is 0. The van der Waals surface area contributed by atoms with Crippen LogP contribution in [0.3, 0.4) is 0 Å². The van der Waals surface area contributed by atoms with E-state index in [9.17, 15) is 4.79 Å². The number of anilines is 3. The summed E-state index contributed by atoms with van der Waals surface area (Å²) in [6, 6.07) is 16.4. The molecule has 3 rings (SSSR count). The minimum Gasteiger partial charge on any atom is -0.340 e. The van der Waals surface area contributed by atoms with Gasteiger partial charge >= 0.3 is 0 Å². The third-order valence-corrected chi connectivity index (χ3v) is 3.52. The second-order valence-corrected chi connectivity index (χ2v) is 4.66. The predicted molar refractivity (Wildman–Crippen MR) is 77.9 cm³/mol. The molecule has 0 saturated heterocycles. The highest BCUT2D eigenvalue weighted by Crippen LogP contribution is 2.36. The van der Waals surface area contributed by atoms with Gasteiger partial charge in [0, 0.05) is 12.2 Å². The first-order valence-corrected chi connectivity index (χ1v) is 6.55. The Hall–Kier alpha value is -2.29. The topological polar surface area (TPSA) is 32.3 Å². The Balaban J connectivity index is 2.06. The van der Waals surface area contributed by atoms with Crippen LogP contribution in [0.15, 0.2) is 48.5 Å². The number of hydrogen-bond acceptors (Lipinski definition) is 2. The van der Waals surface area contributed by atoms with Crippen LogP contribution in [0.1, 0.15) is 12.0 Å². The normalized spacial score (nSPS) is 13.8.